The average Bonchev–Trinajstić information content (AvgIpc) is 2.72. The number of ether oxygens (including phenoxy) is 2. The number of halogens is 3. The fourth-order valence-corrected chi connectivity index (χ4v) is 4.48. The molecule has 0 aromatic heterocycles. The summed E-state index contributed by atoms with van der Waals surface area (Å²) < 4.78 is 50.2. The van der Waals surface area contributed by atoms with Crippen molar-refractivity contribution in [2.75, 3.05) is 45.4 Å². The number of esters is 1. The number of anilines is 1. The maximum Gasteiger partial charge on any atom is 0.416 e. The quantitative estimate of drug-likeness (QED) is 0.747. The Morgan fingerprint density at radius 1 is 1.21 bits per heavy atom. The molecule has 8 heteroatoms. The topological polar surface area (TPSA) is 50.8 Å². The van der Waals surface area contributed by atoms with Gasteiger partial charge >= 0.3 is 12.1 Å². The van der Waals surface area contributed by atoms with Gasteiger partial charge in [-0.25, -0.2) is 0 Å². The van der Waals surface area contributed by atoms with Crippen molar-refractivity contribution in [3.05, 3.63) is 29.3 Å². The molecule has 5 nitrogen and oxygen atoms in total. The lowest BCUT2D eigenvalue weighted by molar-refractivity contribution is -0.146. The molecule has 0 amide bonds. The third kappa shape index (κ3) is 5.22. The number of nitrogens with one attached hydrogen (secondary N) is 1. The highest BCUT2D eigenvalue weighted by Crippen LogP contribution is 2.40. The van der Waals surface area contributed by atoms with Crippen LogP contribution in [0.2, 0.25) is 0 Å². The van der Waals surface area contributed by atoms with Crippen LogP contribution in [-0.4, -0.2) is 52.5 Å². The second-order valence-electron chi connectivity index (χ2n) is 7.88. The van der Waals surface area contributed by atoms with Crippen LogP contribution in [-0.2, 0) is 20.4 Å². The van der Waals surface area contributed by atoms with Crippen molar-refractivity contribution < 1.29 is 27.4 Å². The molecule has 2 aliphatic heterocycles. The van der Waals surface area contributed by atoms with E-state index in [9.17, 15) is 18.0 Å². The van der Waals surface area contributed by atoms with Crippen molar-refractivity contribution in [1.82, 2.24) is 5.32 Å². The molecule has 0 bridgehead atoms. The van der Waals surface area contributed by atoms with Gasteiger partial charge in [-0.15, -0.1) is 0 Å². The average molecular weight is 414 g/mol. The number of carbonyl (C=O) groups is 1. The van der Waals surface area contributed by atoms with E-state index in [-0.39, 0.29) is 23.8 Å². The van der Waals surface area contributed by atoms with E-state index < -0.39 is 11.7 Å². The largest absolute Gasteiger partial charge is 0.469 e. The molecule has 162 valence electrons. The van der Waals surface area contributed by atoms with Crippen LogP contribution in [0.5, 0.6) is 0 Å². The highest BCUT2D eigenvalue weighted by Gasteiger charge is 2.34. The number of hydrogen-bond acceptors (Lipinski definition) is 5. The summed E-state index contributed by atoms with van der Waals surface area (Å²) in [6.07, 6.45) is -1.52. The molecule has 29 heavy (non-hydrogen) atoms. The van der Waals surface area contributed by atoms with Crippen molar-refractivity contribution in [3.8, 4) is 0 Å². The number of hydrogen-bond donors (Lipinski definition) is 1. The summed E-state index contributed by atoms with van der Waals surface area (Å²) in [5, 5.41) is 3.41. The van der Waals surface area contributed by atoms with Crippen molar-refractivity contribution in [1.29, 1.82) is 0 Å². The van der Waals surface area contributed by atoms with Gasteiger partial charge < -0.3 is 19.7 Å². The lowest BCUT2D eigenvalue weighted by Gasteiger charge is -2.37. The molecule has 2 heterocycles. The predicted molar refractivity (Wildman–Crippen MR) is 104 cm³/mol. The van der Waals surface area contributed by atoms with E-state index in [0.717, 1.165) is 24.9 Å². The Morgan fingerprint density at radius 2 is 1.93 bits per heavy atom. The summed E-state index contributed by atoms with van der Waals surface area (Å²) in [6.45, 7) is 2.47. The standard InChI is InChI=1S/C21H29F3N2O3/c1-28-13-17-11-15(5-8-25-17)18-4-3-16(21(22,23)24)12-19(18)26-9-6-14(7-10-26)20(27)29-2/h3-4,12,14-15,17,25H,5-11,13H2,1-2H3/t15-,17+/m1/s1. The zero-order valence-corrected chi connectivity index (χ0v) is 16.9. The number of methoxy groups -OCH3 is 2. The van der Waals surface area contributed by atoms with E-state index in [2.05, 4.69) is 5.32 Å². The fraction of sp³-hybridized carbons (Fsp3) is 0.667. The number of rotatable bonds is 5. The summed E-state index contributed by atoms with van der Waals surface area (Å²) in [5.41, 5.74) is 0.969. The summed E-state index contributed by atoms with van der Waals surface area (Å²) in [4.78, 5) is 13.8. The molecule has 0 unspecified atom stereocenters. The number of nitrogens with zero attached hydrogens (tertiary/aromatic N) is 1. The SMILES string of the molecule is COC[C@@H]1C[C@H](c2ccc(C(F)(F)F)cc2N2CCC(C(=O)OC)CC2)CCN1. The Kier molecular flexibility index (Phi) is 7.05. The van der Waals surface area contributed by atoms with Crippen LogP contribution >= 0.6 is 0 Å². The third-order valence-corrected chi connectivity index (χ3v) is 6.03. The van der Waals surface area contributed by atoms with Gasteiger partial charge in [0, 0.05) is 31.9 Å². The first-order chi connectivity index (χ1) is 13.8. The van der Waals surface area contributed by atoms with Crippen molar-refractivity contribution >= 4 is 11.7 Å². The predicted octanol–water partition coefficient (Wildman–Crippen LogP) is 3.58. The van der Waals surface area contributed by atoms with Gasteiger partial charge in [-0.3, -0.25) is 4.79 Å². The fourth-order valence-electron chi connectivity index (χ4n) is 4.48. The minimum atomic E-state index is -4.38. The molecule has 3 rings (SSSR count). The second-order valence-corrected chi connectivity index (χ2v) is 7.88. The number of carbonyl (C=O) groups excluding carboxylic acids is 1. The van der Waals surface area contributed by atoms with Gasteiger partial charge in [-0.2, -0.15) is 13.2 Å². The highest BCUT2D eigenvalue weighted by atomic mass is 19.4. The maximum atomic E-state index is 13.4. The van der Waals surface area contributed by atoms with E-state index in [4.69, 9.17) is 9.47 Å². The zero-order valence-electron chi connectivity index (χ0n) is 16.9. The first-order valence-corrected chi connectivity index (χ1v) is 10.1. The molecule has 0 radical (unpaired) electrons. The first-order valence-electron chi connectivity index (χ1n) is 10.1. The van der Waals surface area contributed by atoms with E-state index in [1.165, 1.54) is 19.2 Å². The highest BCUT2D eigenvalue weighted by molar-refractivity contribution is 5.73. The molecule has 0 saturated carbocycles. The van der Waals surface area contributed by atoms with Gasteiger partial charge in [-0.05, 0) is 55.8 Å². The summed E-state index contributed by atoms with van der Waals surface area (Å²) >= 11 is 0. The zero-order chi connectivity index (χ0) is 21.0. The number of alkyl halides is 3. The number of piperidine rings is 2. The molecular formula is C21H29F3N2O3. The summed E-state index contributed by atoms with van der Waals surface area (Å²) in [6, 6.07) is 4.30. The Labute approximate surface area is 169 Å². The summed E-state index contributed by atoms with van der Waals surface area (Å²) in [5.74, 6) is -0.253. The van der Waals surface area contributed by atoms with Crippen LogP contribution in [0.1, 0.15) is 42.7 Å². The van der Waals surface area contributed by atoms with E-state index in [0.29, 0.717) is 38.2 Å². The Bertz CT molecular complexity index is 701. The first kappa shape index (κ1) is 21.9. The molecule has 1 aromatic rings. The van der Waals surface area contributed by atoms with Crippen LogP contribution in [0.4, 0.5) is 18.9 Å². The molecule has 1 N–H and O–H groups in total. The number of benzene rings is 1. The molecule has 2 saturated heterocycles. The van der Waals surface area contributed by atoms with Crippen LogP contribution < -0.4 is 10.2 Å². The molecule has 2 fully saturated rings. The van der Waals surface area contributed by atoms with Crippen molar-refractivity contribution in [3.63, 3.8) is 0 Å². The second kappa shape index (κ2) is 9.34. The Morgan fingerprint density at radius 3 is 2.55 bits per heavy atom. The van der Waals surface area contributed by atoms with E-state index in [1.807, 2.05) is 4.90 Å². The molecule has 2 atom stereocenters. The minimum Gasteiger partial charge on any atom is -0.469 e. The molecule has 0 spiro atoms. The molecule has 0 aliphatic carbocycles. The maximum absolute atomic E-state index is 13.4. The van der Waals surface area contributed by atoms with Crippen molar-refractivity contribution in [2.24, 2.45) is 5.92 Å². The normalized spacial score (nSPS) is 23.8. The van der Waals surface area contributed by atoms with Gasteiger partial charge in [0.1, 0.15) is 0 Å². The molecule has 2 aliphatic rings. The van der Waals surface area contributed by atoms with E-state index >= 15 is 0 Å². The van der Waals surface area contributed by atoms with Crippen LogP contribution in [0.3, 0.4) is 0 Å². The van der Waals surface area contributed by atoms with Crippen molar-refractivity contribution in [2.45, 2.75) is 43.8 Å². The van der Waals surface area contributed by atoms with E-state index in [1.54, 1.807) is 13.2 Å². The summed E-state index contributed by atoms with van der Waals surface area (Å²) in [7, 11) is 3.02. The van der Waals surface area contributed by atoms with Gasteiger partial charge in [0.05, 0.1) is 25.2 Å². The lowest BCUT2D eigenvalue weighted by atomic mass is 9.84. The van der Waals surface area contributed by atoms with Gasteiger partial charge in [0.25, 0.3) is 0 Å². The Balaban J connectivity index is 1.86. The van der Waals surface area contributed by atoms with Crippen LogP contribution in [0.15, 0.2) is 18.2 Å². The Hall–Kier alpha value is -1.80. The third-order valence-electron chi connectivity index (χ3n) is 6.03. The van der Waals surface area contributed by atoms with Gasteiger partial charge in [0.15, 0.2) is 0 Å². The van der Waals surface area contributed by atoms with Gasteiger partial charge in [-0.1, -0.05) is 6.07 Å². The smallest absolute Gasteiger partial charge is 0.416 e. The lowest BCUT2D eigenvalue weighted by Crippen LogP contribution is -2.41. The minimum absolute atomic E-state index is 0.173. The monoisotopic (exact) mass is 414 g/mol. The molecular weight excluding hydrogens is 385 g/mol. The molecule has 1 aromatic carbocycles. The van der Waals surface area contributed by atoms with Crippen LogP contribution in [0.25, 0.3) is 0 Å². The van der Waals surface area contributed by atoms with Crippen LogP contribution in [0, 0.1) is 5.92 Å². The van der Waals surface area contributed by atoms with Gasteiger partial charge in [0.2, 0.25) is 0 Å².